The first-order valence-electron chi connectivity index (χ1n) is 13.0. The third kappa shape index (κ3) is 5.15. The van der Waals surface area contributed by atoms with Gasteiger partial charge < -0.3 is 25.3 Å². The van der Waals surface area contributed by atoms with Crippen LogP contribution in [0.5, 0.6) is 11.6 Å². The highest BCUT2D eigenvalue weighted by Crippen LogP contribution is 2.35. The Bertz CT molecular complexity index is 1510. The maximum Gasteiger partial charge on any atom is 0.263 e. The predicted molar refractivity (Wildman–Crippen MR) is 143 cm³/mol. The molecule has 0 bridgehead atoms. The van der Waals surface area contributed by atoms with Crippen molar-refractivity contribution in [2.75, 3.05) is 44.6 Å². The van der Waals surface area contributed by atoms with Gasteiger partial charge in [-0.15, -0.1) is 0 Å². The number of nitrogens with one attached hydrogen (secondary N) is 3. The molecule has 2 saturated heterocycles. The van der Waals surface area contributed by atoms with Crippen molar-refractivity contribution in [3.05, 3.63) is 71.2 Å². The van der Waals surface area contributed by atoms with Crippen LogP contribution in [0.4, 0.5) is 20.3 Å². The number of H-pyrrole nitrogens is 1. The molecule has 0 aliphatic carbocycles. The molecule has 2 fully saturated rings. The Morgan fingerprint density at radius 1 is 1.08 bits per heavy atom. The van der Waals surface area contributed by atoms with Gasteiger partial charge in [0, 0.05) is 68.6 Å². The summed E-state index contributed by atoms with van der Waals surface area (Å²) in [6.07, 6.45) is 2.12. The van der Waals surface area contributed by atoms with Gasteiger partial charge in [-0.05, 0) is 37.1 Å². The second kappa shape index (κ2) is 10.6. The van der Waals surface area contributed by atoms with Crippen LogP contribution in [-0.2, 0) is 6.54 Å². The van der Waals surface area contributed by atoms with Crippen LogP contribution in [0.3, 0.4) is 0 Å². The number of hydrogen-bond acceptors (Lipinski definition) is 7. The van der Waals surface area contributed by atoms with Gasteiger partial charge in [-0.25, -0.2) is 18.7 Å². The van der Waals surface area contributed by atoms with Crippen LogP contribution in [0.25, 0.3) is 10.9 Å². The van der Waals surface area contributed by atoms with Gasteiger partial charge in [0.25, 0.3) is 5.91 Å². The van der Waals surface area contributed by atoms with Crippen molar-refractivity contribution in [3.63, 3.8) is 0 Å². The maximum absolute atomic E-state index is 15.3. The van der Waals surface area contributed by atoms with Crippen LogP contribution in [-0.4, -0.2) is 69.9 Å². The number of hydrogen-bond donors (Lipinski definition) is 3. The van der Waals surface area contributed by atoms with E-state index in [1.807, 2.05) is 24.3 Å². The van der Waals surface area contributed by atoms with Gasteiger partial charge in [0.15, 0.2) is 23.2 Å². The molecule has 9 nitrogen and oxygen atoms in total. The van der Waals surface area contributed by atoms with Crippen LogP contribution in [0.1, 0.15) is 28.0 Å². The Labute approximate surface area is 224 Å². The molecule has 2 aromatic heterocycles. The third-order valence-corrected chi connectivity index (χ3v) is 7.11. The van der Waals surface area contributed by atoms with Crippen molar-refractivity contribution in [1.29, 1.82) is 0 Å². The lowest BCUT2D eigenvalue weighted by atomic mass is 10.1. The van der Waals surface area contributed by atoms with E-state index in [-0.39, 0.29) is 39.8 Å². The van der Waals surface area contributed by atoms with Crippen molar-refractivity contribution < 1.29 is 18.3 Å². The van der Waals surface area contributed by atoms with E-state index in [4.69, 9.17) is 4.74 Å². The molecule has 0 unspecified atom stereocenters. The summed E-state index contributed by atoms with van der Waals surface area (Å²) in [5, 5.41) is 6.61. The molecule has 4 heterocycles. The van der Waals surface area contributed by atoms with Crippen LogP contribution in [0, 0.1) is 18.6 Å². The fourth-order valence-electron chi connectivity index (χ4n) is 4.88. The molecule has 11 heteroatoms. The highest BCUT2D eigenvalue weighted by Gasteiger charge is 2.30. The number of carbonyl (C=O) groups is 1. The van der Waals surface area contributed by atoms with E-state index in [1.165, 1.54) is 18.0 Å². The van der Waals surface area contributed by atoms with E-state index in [0.717, 1.165) is 50.9 Å². The minimum absolute atomic E-state index is 0.0553. The number of carbonyl (C=O) groups excluding carboxylic acids is 1. The summed E-state index contributed by atoms with van der Waals surface area (Å²) >= 11 is 0. The average Bonchev–Trinajstić information content (AvgIpc) is 3.30. The predicted octanol–water partition coefficient (Wildman–Crippen LogP) is 4.33. The first-order valence-corrected chi connectivity index (χ1v) is 13.0. The molecule has 39 heavy (non-hydrogen) atoms. The number of ether oxygens (including phenoxy) is 1. The summed E-state index contributed by atoms with van der Waals surface area (Å²) in [6.45, 7) is 7.74. The van der Waals surface area contributed by atoms with Gasteiger partial charge in [0.05, 0.1) is 5.52 Å². The topological polar surface area (TPSA) is 98.4 Å². The number of fused-ring (bicyclic) bond motifs is 1. The zero-order chi connectivity index (χ0) is 26.9. The zero-order valence-electron chi connectivity index (χ0n) is 21.6. The summed E-state index contributed by atoms with van der Waals surface area (Å²) in [5.41, 5.74) is 2.63. The van der Waals surface area contributed by atoms with Gasteiger partial charge in [-0.2, -0.15) is 0 Å². The zero-order valence-corrected chi connectivity index (χ0v) is 21.6. The number of benzene rings is 2. The average molecular weight is 534 g/mol. The minimum Gasteiger partial charge on any atom is -0.435 e. The van der Waals surface area contributed by atoms with E-state index in [0.29, 0.717) is 18.8 Å². The third-order valence-electron chi connectivity index (χ3n) is 7.11. The molecule has 0 saturated carbocycles. The second-order valence-corrected chi connectivity index (χ2v) is 9.91. The molecule has 202 valence electrons. The van der Waals surface area contributed by atoms with Gasteiger partial charge in [0.1, 0.15) is 11.9 Å². The Kier molecular flexibility index (Phi) is 6.84. The number of aryl methyl sites for hydroxylation is 1. The summed E-state index contributed by atoms with van der Waals surface area (Å²) < 4.78 is 35.8. The first-order chi connectivity index (χ1) is 19.0. The van der Waals surface area contributed by atoms with E-state index in [2.05, 4.69) is 30.5 Å². The van der Waals surface area contributed by atoms with E-state index in [9.17, 15) is 9.18 Å². The maximum atomic E-state index is 15.3. The molecule has 0 radical (unpaired) electrons. The molecule has 4 aromatic rings. The number of piperazine rings is 1. The number of aromatic nitrogens is 3. The Balaban J connectivity index is 1.30. The van der Waals surface area contributed by atoms with Crippen LogP contribution < -0.4 is 15.4 Å². The molecule has 0 spiro atoms. The molecule has 3 N–H and O–H groups in total. The normalized spacial score (nSPS) is 15.8. The lowest BCUT2D eigenvalue weighted by molar-refractivity contribution is 0.0649. The van der Waals surface area contributed by atoms with E-state index in [1.54, 1.807) is 11.8 Å². The Morgan fingerprint density at radius 3 is 2.56 bits per heavy atom. The van der Waals surface area contributed by atoms with Crippen LogP contribution in [0.2, 0.25) is 0 Å². The SMILES string of the molecule is Cc1cc2c(F)c(Oc3ncnc(Nc4ccc(CN5CCNCC5)cc4)c3C(=O)N3CCC3)cc(F)c2[nH]1. The Morgan fingerprint density at radius 2 is 1.85 bits per heavy atom. The molecule has 2 aliphatic heterocycles. The van der Waals surface area contributed by atoms with E-state index >= 15 is 4.39 Å². The van der Waals surface area contributed by atoms with Gasteiger partial charge in [0.2, 0.25) is 5.88 Å². The van der Waals surface area contributed by atoms with Crippen LogP contribution in [0.15, 0.2) is 42.7 Å². The quantitative estimate of drug-likeness (QED) is 0.325. The lowest BCUT2D eigenvalue weighted by Crippen LogP contribution is -2.42. The smallest absolute Gasteiger partial charge is 0.263 e. The molecule has 6 rings (SSSR count). The number of aromatic amines is 1. The van der Waals surface area contributed by atoms with Gasteiger partial charge in [-0.1, -0.05) is 12.1 Å². The van der Waals surface area contributed by atoms with Crippen molar-refractivity contribution in [2.24, 2.45) is 0 Å². The fraction of sp³-hybridized carbons (Fsp3) is 0.321. The summed E-state index contributed by atoms with van der Waals surface area (Å²) in [6, 6.07) is 10.4. The molecular weight excluding hydrogens is 504 g/mol. The summed E-state index contributed by atoms with van der Waals surface area (Å²) in [7, 11) is 0. The minimum atomic E-state index is -0.744. The number of halogens is 2. The van der Waals surface area contributed by atoms with E-state index < -0.39 is 11.6 Å². The van der Waals surface area contributed by atoms with Gasteiger partial charge >= 0.3 is 0 Å². The highest BCUT2D eigenvalue weighted by atomic mass is 19.1. The van der Waals surface area contributed by atoms with Crippen molar-refractivity contribution in [3.8, 4) is 11.6 Å². The Hall–Kier alpha value is -4.09. The lowest BCUT2D eigenvalue weighted by Gasteiger charge is -2.31. The first kappa shape index (κ1) is 25.2. The van der Waals surface area contributed by atoms with Crippen molar-refractivity contribution in [1.82, 2.24) is 30.1 Å². The largest absolute Gasteiger partial charge is 0.435 e. The summed E-state index contributed by atoms with van der Waals surface area (Å²) in [5.74, 6) is -2.03. The number of likely N-dealkylation sites (tertiary alicyclic amines) is 1. The molecule has 2 aliphatic rings. The number of anilines is 2. The standard InChI is InChI=1S/C28H29F2N7O2/c1-17-13-20-24(30)22(14-21(29)25(20)34-17)39-27-23(28(38)37-9-2-10-37)26(32-16-33-27)35-19-5-3-18(4-6-19)15-36-11-7-31-8-12-36/h3-6,13-14,16,31,34H,2,7-12,15H2,1H3,(H,32,33,35). The molecule has 1 amide bonds. The van der Waals surface area contributed by atoms with Gasteiger partial charge in [-0.3, -0.25) is 9.69 Å². The summed E-state index contributed by atoms with van der Waals surface area (Å²) in [4.78, 5) is 28.7. The fourth-order valence-corrected chi connectivity index (χ4v) is 4.88. The molecular formula is C28H29F2N7O2. The molecule has 0 atom stereocenters. The van der Waals surface area contributed by atoms with Crippen molar-refractivity contribution in [2.45, 2.75) is 19.9 Å². The van der Waals surface area contributed by atoms with Crippen molar-refractivity contribution >= 4 is 28.3 Å². The number of nitrogens with zero attached hydrogens (tertiary/aromatic N) is 4. The van der Waals surface area contributed by atoms with Crippen LogP contribution >= 0.6 is 0 Å². The molecule has 2 aromatic carbocycles. The monoisotopic (exact) mass is 533 g/mol. The second-order valence-electron chi connectivity index (χ2n) is 9.91. The number of rotatable bonds is 7. The highest BCUT2D eigenvalue weighted by molar-refractivity contribution is 6.02. The number of amides is 1.